The van der Waals surface area contributed by atoms with E-state index >= 15 is 0 Å². The summed E-state index contributed by atoms with van der Waals surface area (Å²) in [7, 11) is -3.28. The van der Waals surface area contributed by atoms with Crippen LogP contribution in [0, 0.1) is 5.92 Å². The Labute approximate surface area is 126 Å². The Bertz CT molecular complexity index is 537. The smallest absolute Gasteiger partial charge is 0.215 e. The van der Waals surface area contributed by atoms with Crippen molar-refractivity contribution < 1.29 is 8.42 Å². The third-order valence-electron chi connectivity index (χ3n) is 2.88. The largest absolute Gasteiger partial charge is 0.389 e. The Morgan fingerprint density at radius 3 is 2.40 bits per heavy atom. The number of sulfonamides is 1. The lowest BCUT2D eigenvalue weighted by Gasteiger charge is -2.08. The van der Waals surface area contributed by atoms with E-state index in [2.05, 4.69) is 18.6 Å². The van der Waals surface area contributed by atoms with Gasteiger partial charge < -0.3 is 5.73 Å². The van der Waals surface area contributed by atoms with E-state index in [-0.39, 0.29) is 5.75 Å². The fourth-order valence-electron chi connectivity index (χ4n) is 1.77. The average molecular weight is 314 g/mol. The van der Waals surface area contributed by atoms with Gasteiger partial charge in [0.25, 0.3) is 0 Å². The molecule has 0 aliphatic carbocycles. The maximum Gasteiger partial charge on any atom is 0.215 e. The van der Waals surface area contributed by atoms with Crippen LogP contribution in [0.2, 0.25) is 0 Å². The fraction of sp³-hybridized carbons (Fsp3) is 0.500. The van der Waals surface area contributed by atoms with Gasteiger partial charge in [-0.3, -0.25) is 0 Å². The monoisotopic (exact) mass is 314 g/mol. The van der Waals surface area contributed by atoms with Gasteiger partial charge in [-0.1, -0.05) is 50.3 Å². The van der Waals surface area contributed by atoms with Crippen LogP contribution in [-0.4, -0.2) is 20.0 Å². The molecule has 20 heavy (non-hydrogen) atoms. The Kier molecular flexibility index (Phi) is 6.58. The van der Waals surface area contributed by atoms with E-state index in [0.717, 1.165) is 24.0 Å². The van der Waals surface area contributed by atoms with Crippen LogP contribution >= 0.6 is 12.2 Å². The van der Waals surface area contributed by atoms with Crippen molar-refractivity contribution >= 4 is 27.2 Å². The van der Waals surface area contributed by atoms with Crippen LogP contribution in [0.25, 0.3) is 0 Å². The predicted octanol–water partition coefficient (Wildman–Crippen LogP) is 2.18. The van der Waals surface area contributed by atoms with Crippen molar-refractivity contribution in [1.29, 1.82) is 0 Å². The molecule has 0 saturated carbocycles. The molecule has 0 spiro atoms. The minimum atomic E-state index is -3.28. The molecule has 3 N–H and O–H groups in total. The topological polar surface area (TPSA) is 72.2 Å². The Balaban J connectivity index is 2.51. The molecule has 0 aliphatic rings. The number of nitrogens with two attached hydrogens (primary N) is 1. The first-order chi connectivity index (χ1) is 9.30. The minimum Gasteiger partial charge on any atom is -0.389 e. The normalized spacial score (nSPS) is 11.8. The van der Waals surface area contributed by atoms with Gasteiger partial charge in [0.05, 0.1) is 5.75 Å². The first kappa shape index (κ1) is 17.1. The lowest BCUT2D eigenvalue weighted by atomic mass is 10.1. The molecule has 0 unspecified atom stereocenters. The molecule has 1 rings (SSSR count). The highest BCUT2D eigenvalue weighted by Crippen LogP contribution is 2.08. The lowest BCUT2D eigenvalue weighted by molar-refractivity contribution is 0.539. The van der Waals surface area contributed by atoms with E-state index in [0.29, 0.717) is 17.5 Å². The van der Waals surface area contributed by atoms with Gasteiger partial charge in [0, 0.05) is 12.1 Å². The van der Waals surface area contributed by atoms with E-state index in [1.165, 1.54) is 0 Å². The van der Waals surface area contributed by atoms with Crippen LogP contribution in [0.4, 0.5) is 0 Å². The minimum absolute atomic E-state index is 0.0215. The predicted molar refractivity (Wildman–Crippen MR) is 87.0 cm³/mol. The number of benzene rings is 1. The summed E-state index contributed by atoms with van der Waals surface area (Å²) in [6, 6.07) is 6.96. The van der Waals surface area contributed by atoms with Gasteiger partial charge in [0.15, 0.2) is 0 Å². The summed E-state index contributed by atoms with van der Waals surface area (Å²) < 4.78 is 26.4. The van der Waals surface area contributed by atoms with E-state index in [1.54, 1.807) is 24.3 Å². The van der Waals surface area contributed by atoms with E-state index in [4.69, 9.17) is 18.0 Å². The van der Waals surface area contributed by atoms with Crippen LogP contribution < -0.4 is 10.5 Å². The van der Waals surface area contributed by atoms with Gasteiger partial charge in [0.1, 0.15) is 4.99 Å². The highest BCUT2D eigenvalue weighted by atomic mass is 32.2. The van der Waals surface area contributed by atoms with Crippen LogP contribution in [-0.2, 0) is 15.8 Å². The average Bonchev–Trinajstić information content (AvgIpc) is 2.34. The van der Waals surface area contributed by atoms with Crippen LogP contribution in [0.15, 0.2) is 24.3 Å². The molecule has 1 aromatic carbocycles. The Morgan fingerprint density at radius 2 is 1.90 bits per heavy atom. The molecule has 0 fully saturated rings. The number of hydrogen-bond donors (Lipinski definition) is 2. The summed E-state index contributed by atoms with van der Waals surface area (Å²) in [6.45, 7) is 4.74. The lowest BCUT2D eigenvalue weighted by Crippen LogP contribution is -2.26. The van der Waals surface area contributed by atoms with Crippen LogP contribution in [0.5, 0.6) is 0 Å². The Morgan fingerprint density at radius 1 is 1.30 bits per heavy atom. The summed E-state index contributed by atoms with van der Waals surface area (Å²) in [5.41, 5.74) is 6.96. The van der Waals surface area contributed by atoms with E-state index in [9.17, 15) is 8.42 Å². The molecule has 0 amide bonds. The van der Waals surface area contributed by atoms with Crippen molar-refractivity contribution in [2.24, 2.45) is 11.7 Å². The zero-order valence-corrected chi connectivity index (χ0v) is 13.6. The number of hydrogen-bond acceptors (Lipinski definition) is 3. The first-order valence-corrected chi connectivity index (χ1v) is 8.72. The second-order valence-corrected chi connectivity index (χ2v) is 7.50. The van der Waals surface area contributed by atoms with Crippen molar-refractivity contribution in [2.45, 2.75) is 32.4 Å². The quantitative estimate of drug-likeness (QED) is 0.570. The molecule has 6 heteroatoms. The van der Waals surface area contributed by atoms with Crippen molar-refractivity contribution in [3.63, 3.8) is 0 Å². The third-order valence-corrected chi connectivity index (χ3v) is 4.47. The molecule has 0 saturated heterocycles. The molecule has 0 bridgehead atoms. The number of rotatable bonds is 8. The molecular formula is C14H22N2O2S2. The second-order valence-electron chi connectivity index (χ2n) is 5.25. The van der Waals surface area contributed by atoms with Crippen LogP contribution in [0.1, 0.15) is 37.8 Å². The maximum atomic E-state index is 11.9. The highest BCUT2D eigenvalue weighted by Gasteiger charge is 2.11. The number of thiocarbonyl (C=S) groups is 1. The summed E-state index contributed by atoms with van der Waals surface area (Å²) in [4.78, 5) is 0.311. The zero-order chi connectivity index (χ0) is 15.2. The van der Waals surface area contributed by atoms with Crippen molar-refractivity contribution in [1.82, 2.24) is 4.72 Å². The third kappa shape index (κ3) is 6.45. The van der Waals surface area contributed by atoms with Gasteiger partial charge in [-0.05, 0) is 24.3 Å². The summed E-state index contributed by atoms with van der Waals surface area (Å²) in [5.74, 6) is 0.568. The molecule has 0 radical (unpaired) electrons. The molecule has 1 aromatic rings. The Hall–Kier alpha value is -0.980. The SMILES string of the molecule is CC(C)CCCNS(=O)(=O)Cc1ccc(C(N)=S)cc1. The highest BCUT2D eigenvalue weighted by molar-refractivity contribution is 7.88. The van der Waals surface area contributed by atoms with E-state index in [1.807, 2.05) is 0 Å². The van der Waals surface area contributed by atoms with Crippen LogP contribution in [0.3, 0.4) is 0 Å². The van der Waals surface area contributed by atoms with Crippen molar-refractivity contribution in [3.05, 3.63) is 35.4 Å². The maximum absolute atomic E-state index is 11.9. The van der Waals surface area contributed by atoms with Crippen molar-refractivity contribution in [3.8, 4) is 0 Å². The van der Waals surface area contributed by atoms with Gasteiger partial charge in [-0.2, -0.15) is 0 Å². The zero-order valence-electron chi connectivity index (χ0n) is 11.9. The molecular weight excluding hydrogens is 292 g/mol. The molecule has 0 atom stereocenters. The molecule has 0 heterocycles. The molecule has 0 aliphatic heterocycles. The molecule has 4 nitrogen and oxygen atoms in total. The standard InChI is InChI=1S/C14H22N2O2S2/c1-11(2)4-3-9-16-20(17,18)10-12-5-7-13(8-6-12)14(15)19/h5-8,11,16H,3-4,9-10H2,1-2H3,(H2,15,19). The van der Waals surface area contributed by atoms with E-state index < -0.39 is 10.0 Å². The second kappa shape index (κ2) is 7.71. The van der Waals surface area contributed by atoms with Crippen molar-refractivity contribution in [2.75, 3.05) is 6.54 Å². The molecule has 112 valence electrons. The summed E-state index contributed by atoms with van der Waals surface area (Å²) >= 11 is 4.85. The van der Waals surface area contributed by atoms with Gasteiger partial charge in [-0.15, -0.1) is 0 Å². The van der Waals surface area contributed by atoms with Gasteiger partial charge >= 0.3 is 0 Å². The summed E-state index contributed by atoms with van der Waals surface area (Å²) in [6.07, 6.45) is 1.88. The first-order valence-electron chi connectivity index (χ1n) is 6.66. The molecule has 0 aromatic heterocycles. The van der Waals surface area contributed by atoms with Gasteiger partial charge in [-0.25, -0.2) is 13.1 Å². The fourth-order valence-corrected chi connectivity index (χ4v) is 3.10. The number of nitrogens with one attached hydrogen (secondary N) is 1. The van der Waals surface area contributed by atoms with Gasteiger partial charge in [0.2, 0.25) is 10.0 Å². The summed E-state index contributed by atoms with van der Waals surface area (Å²) in [5, 5.41) is 0.